The van der Waals surface area contributed by atoms with Crippen LogP contribution in [0.2, 0.25) is 0 Å². The molecule has 0 unspecified atom stereocenters. The molecule has 0 bridgehead atoms. The van der Waals surface area contributed by atoms with Crippen molar-refractivity contribution < 1.29 is 23.8 Å². The Morgan fingerprint density at radius 3 is 2.82 bits per heavy atom. The quantitative estimate of drug-likeness (QED) is 0.804. The van der Waals surface area contributed by atoms with Crippen molar-refractivity contribution in [1.29, 1.82) is 0 Å². The molecule has 0 saturated heterocycles. The predicted molar refractivity (Wildman–Crippen MR) is 81.6 cm³/mol. The first-order valence-electron chi connectivity index (χ1n) is 6.73. The van der Waals surface area contributed by atoms with Crippen molar-refractivity contribution in [3.05, 3.63) is 46.3 Å². The van der Waals surface area contributed by atoms with Gasteiger partial charge in [-0.3, -0.25) is 4.79 Å². The summed E-state index contributed by atoms with van der Waals surface area (Å²) in [6.07, 6.45) is 1.19. The second-order valence-corrected chi connectivity index (χ2v) is 5.44. The van der Waals surface area contributed by atoms with Crippen molar-refractivity contribution in [2.24, 2.45) is 0 Å². The number of carbonyl (C=O) groups excluding carboxylic acids is 2. The number of amides is 1. The van der Waals surface area contributed by atoms with E-state index in [1.807, 2.05) is 31.2 Å². The Hall–Kier alpha value is -2.02. The molecule has 0 fully saturated rings. The Bertz CT molecular complexity index is 587. The number of hydrogen-bond acceptors (Lipinski definition) is 5. The molecule has 1 aliphatic rings. The van der Waals surface area contributed by atoms with Crippen molar-refractivity contribution in [1.82, 2.24) is 5.32 Å². The van der Waals surface area contributed by atoms with Gasteiger partial charge >= 0.3 is 5.97 Å². The smallest absolute Gasteiger partial charge is 0.377 e. The molecule has 6 nitrogen and oxygen atoms in total. The van der Waals surface area contributed by atoms with E-state index in [4.69, 9.17) is 14.2 Å². The number of ether oxygens (including phenoxy) is 3. The van der Waals surface area contributed by atoms with Gasteiger partial charge < -0.3 is 19.5 Å². The largest absolute Gasteiger partial charge is 0.493 e. The van der Waals surface area contributed by atoms with Gasteiger partial charge in [-0.05, 0) is 18.6 Å². The van der Waals surface area contributed by atoms with Crippen molar-refractivity contribution in [3.63, 3.8) is 0 Å². The summed E-state index contributed by atoms with van der Waals surface area (Å²) < 4.78 is 15.8. The van der Waals surface area contributed by atoms with Crippen LogP contribution in [-0.4, -0.2) is 31.7 Å². The van der Waals surface area contributed by atoms with E-state index in [0.717, 1.165) is 10.0 Å². The number of rotatable bonds is 5. The molecule has 22 heavy (non-hydrogen) atoms. The summed E-state index contributed by atoms with van der Waals surface area (Å²) >= 11 is 3.43. The van der Waals surface area contributed by atoms with Gasteiger partial charge in [0, 0.05) is 4.47 Å². The average molecular weight is 370 g/mol. The Labute approximate surface area is 136 Å². The highest BCUT2D eigenvalue weighted by atomic mass is 79.9. The number of benzene rings is 1. The molecular formula is C15H16BrNO5. The van der Waals surface area contributed by atoms with Gasteiger partial charge in [-0.15, -0.1) is 0 Å². The van der Waals surface area contributed by atoms with Crippen LogP contribution in [0.4, 0.5) is 0 Å². The maximum Gasteiger partial charge on any atom is 0.377 e. The first kappa shape index (κ1) is 16.4. The van der Waals surface area contributed by atoms with Crippen molar-refractivity contribution >= 4 is 27.8 Å². The highest BCUT2D eigenvalue weighted by Crippen LogP contribution is 2.22. The molecular weight excluding hydrogens is 354 g/mol. The maximum atomic E-state index is 11.8. The van der Waals surface area contributed by atoms with Gasteiger partial charge in [0.05, 0.1) is 6.04 Å². The molecule has 1 aromatic rings. The second-order valence-electron chi connectivity index (χ2n) is 4.59. The topological polar surface area (TPSA) is 73.9 Å². The van der Waals surface area contributed by atoms with Crippen LogP contribution in [0.25, 0.3) is 0 Å². The summed E-state index contributed by atoms with van der Waals surface area (Å²) in [4.78, 5) is 23.5. The fourth-order valence-electron chi connectivity index (χ4n) is 1.86. The molecule has 1 heterocycles. The molecule has 1 N–H and O–H groups in total. The minimum Gasteiger partial charge on any atom is -0.493 e. The lowest BCUT2D eigenvalue weighted by Crippen LogP contribution is -2.31. The van der Waals surface area contributed by atoms with E-state index in [2.05, 4.69) is 21.2 Å². The van der Waals surface area contributed by atoms with Crippen LogP contribution >= 0.6 is 15.9 Å². The van der Waals surface area contributed by atoms with Crippen LogP contribution in [0, 0.1) is 0 Å². The molecule has 2 rings (SSSR count). The van der Waals surface area contributed by atoms with Crippen molar-refractivity contribution in [2.45, 2.75) is 13.0 Å². The molecule has 1 amide bonds. The molecule has 7 heteroatoms. The molecule has 0 spiro atoms. The maximum absolute atomic E-state index is 11.8. The molecule has 1 aliphatic heterocycles. The number of carbonyl (C=O) groups is 2. The fourth-order valence-corrected chi connectivity index (χ4v) is 2.49. The molecule has 118 valence electrons. The Morgan fingerprint density at radius 2 is 2.14 bits per heavy atom. The van der Waals surface area contributed by atoms with E-state index in [-0.39, 0.29) is 25.0 Å². The van der Waals surface area contributed by atoms with E-state index in [1.165, 1.54) is 6.26 Å². The lowest BCUT2D eigenvalue weighted by molar-refractivity contribution is -0.149. The number of esters is 1. The SMILES string of the molecule is C[C@@H](NC(=O)COC(=O)C1=COCCO1)c1ccccc1Br. The van der Waals surface area contributed by atoms with Gasteiger partial charge in [-0.2, -0.15) is 0 Å². The van der Waals surface area contributed by atoms with Crippen LogP contribution in [-0.2, 0) is 23.8 Å². The number of nitrogens with one attached hydrogen (secondary N) is 1. The number of halogens is 1. The Balaban J connectivity index is 1.81. The van der Waals surface area contributed by atoms with E-state index in [1.54, 1.807) is 0 Å². The fraction of sp³-hybridized carbons (Fsp3) is 0.333. The van der Waals surface area contributed by atoms with Crippen LogP contribution in [0.1, 0.15) is 18.5 Å². The van der Waals surface area contributed by atoms with Crippen LogP contribution in [0.5, 0.6) is 0 Å². The van der Waals surface area contributed by atoms with E-state index in [9.17, 15) is 9.59 Å². The average Bonchev–Trinajstić information content (AvgIpc) is 2.53. The van der Waals surface area contributed by atoms with Gasteiger partial charge in [0.25, 0.3) is 5.91 Å². The summed E-state index contributed by atoms with van der Waals surface area (Å²) in [6.45, 7) is 2.14. The molecule has 1 aromatic carbocycles. The van der Waals surface area contributed by atoms with Gasteiger partial charge in [-0.25, -0.2) is 4.79 Å². The summed E-state index contributed by atoms with van der Waals surface area (Å²) in [6, 6.07) is 7.36. The van der Waals surface area contributed by atoms with Crippen LogP contribution in [0.3, 0.4) is 0 Å². The zero-order valence-corrected chi connectivity index (χ0v) is 13.6. The van der Waals surface area contributed by atoms with E-state index < -0.39 is 11.9 Å². The standard InChI is InChI=1S/C15H16BrNO5/c1-10(11-4-2-3-5-12(11)16)17-14(18)9-22-15(19)13-8-20-6-7-21-13/h2-5,8,10H,6-7,9H2,1H3,(H,17,18)/t10-/m1/s1. The monoisotopic (exact) mass is 369 g/mol. The highest BCUT2D eigenvalue weighted by Gasteiger charge is 2.19. The van der Waals surface area contributed by atoms with Crippen molar-refractivity contribution in [2.75, 3.05) is 19.8 Å². The Morgan fingerprint density at radius 1 is 1.36 bits per heavy atom. The molecule has 0 aliphatic carbocycles. The van der Waals surface area contributed by atoms with Gasteiger partial charge in [0.15, 0.2) is 6.61 Å². The van der Waals surface area contributed by atoms with Gasteiger partial charge in [0.2, 0.25) is 5.76 Å². The predicted octanol–water partition coefficient (Wildman–Crippen LogP) is 2.06. The second kappa shape index (κ2) is 7.84. The first-order valence-corrected chi connectivity index (χ1v) is 7.52. The lowest BCUT2D eigenvalue weighted by atomic mass is 10.1. The van der Waals surface area contributed by atoms with Crippen LogP contribution < -0.4 is 5.32 Å². The molecule has 1 atom stereocenters. The summed E-state index contributed by atoms with van der Waals surface area (Å²) in [5, 5.41) is 2.76. The zero-order chi connectivity index (χ0) is 15.9. The lowest BCUT2D eigenvalue weighted by Gasteiger charge is -2.17. The van der Waals surface area contributed by atoms with Crippen molar-refractivity contribution in [3.8, 4) is 0 Å². The highest BCUT2D eigenvalue weighted by molar-refractivity contribution is 9.10. The Kier molecular flexibility index (Phi) is 5.83. The van der Waals surface area contributed by atoms with Crippen LogP contribution in [0.15, 0.2) is 40.8 Å². The van der Waals surface area contributed by atoms with E-state index >= 15 is 0 Å². The summed E-state index contributed by atoms with van der Waals surface area (Å²) in [7, 11) is 0. The third-order valence-corrected chi connectivity index (χ3v) is 3.66. The van der Waals surface area contributed by atoms with Gasteiger partial charge in [-0.1, -0.05) is 34.1 Å². The minimum absolute atomic E-state index is 0.0297. The zero-order valence-electron chi connectivity index (χ0n) is 12.0. The van der Waals surface area contributed by atoms with E-state index in [0.29, 0.717) is 6.61 Å². The minimum atomic E-state index is -0.719. The number of hydrogen-bond donors (Lipinski definition) is 1. The molecule has 0 radical (unpaired) electrons. The molecule has 0 aromatic heterocycles. The third kappa shape index (κ3) is 4.49. The summed E-state index contributed by atoms with van der Waals surface area (Å²) in [5.74, 6) is -1.14. The third-order valence-electron chi connectivity index (χ3n) is 2.93. The summed E-state index contributed by atoms with van der Waals surface area (Å²) in [5.41, 5.74) is 0.939. The normalized spacial score (nSPS) is 14.9. The first-order chi connectivity index (χ1) is 10.6. The van der Waals surface area contributed by atoms with Gasteiger partial charge in [0.1, 0.15) is 19.5 Å². The molecule has 0 saturated carbocycles.